The number of fused-ring (bicyclic) bond motifs is 1. The molecule has 6 heteroatoms. The minimum atomic E-state index is -0.316. The highest BCUT2D eigenvalue weighted by atomic mass is 35.5. The second kappa shape index (κ2) is 5.19. The quantitative estimate of drug-likeness (QED) is 0.730. The summed E-state index contributed by atoms with van der Waals surface area (Å²) in [6.45, 7) is 2.02. The summed E-state index contributed by atoms with van der Waals surface area (Å²) in [5.74, 6) is -0.316. The van der Waals surface area contributed by atoms with Crippen molar-refractivity contribution < 1.29 is 4.79 Å². The zero-order valence-corrected chi connectivity index (χ0v) is 12.1. The van der Waals surface area contributed by atoms with Crippen LogP contribution in [0.15, 0.2) is 36.4 Å². The molecule has 0 aliphatic carbocycles. The number of anilines is 1. The van der Waals surface area contributed by atoms with Crippen LogP contribution < -0.4 is 5.32 Å². The number of nitrogens with one attached hydrogen (secondary N) is 1. The monoisotopic (exact) mass is 303 g/mol. The second-order valence-electron chi connectivity index (χ2n) is 4.29. The van der Waals surface area contributed by atoms with Gasteiger partial charge in [-0.15, -0.1) is 0 Å². The van der Waals surface area contributed by atoms with Crippen LogP contribution in [0.1, 0.15) is 16.1 Å². The Bertz CT molecular complexity index is 800. The van der Waals surface area contributed by atoms with Gasteiger partial charge in [0.1, 0.15) is 10.8 Å². The number of hydrogen-bond acceptors (Lipinski definition) is 4. The van der Waals surface area contributed by atoms with Crippen LogP contribution in [0.5, 0.6) is 0 Å². The molecular weight excluding hydrogens is 294 g/mol. The molecule has 2 aromatic heterocycles. The number of carbonyl (C=O) groups excluding carboxylic acids is 1. The lowest BCUT2D eigenvalue weighted by Gasteiger charge is -2.00. The Hall–Kier alpha value is -1.98. The number of hydrogen-bond donors (Lipinski definition) is 1. The Balaban J connectivity index is 1.87. The molecule has 0 atom stereocenters. The minimum absolute atomic E-state index is 0.271. The molecule has 0 spiro atoms. The Morgan fingerprint density at radius 1 is 1.25 bits per heavy atom. The van der Waals surface area contributed by atoms with Crippen molar-refractivity contribution in [1.29, 1.82) is 0 Å². The van der Waals surface area contributed by atoms with E-state index >= 15 is 0 Å². The number of rotatable bonds is 2. The molecule has 2 heterocycles. The van der Waals surface area contributed by atoms with E-state index in [1.165, 1.54) is 11.3 Å². The molecule has 0 fully saturated rings. The van der Waals surface area contributed by atoms with Gasteiger partial charge in [0.05, 0.1) is 10.2 Å². The molecule has 1 aromatic carbocycles. The van der Waals surface area contributed by atoms with Gasteiger partial charge in [-0.3, -0.25) is 10.1 Å². The zero-order chi connectivity index (χ0) is 14.1. The number of amides is 1. The molecule has 0 aliphatic heterocycles. The maximum absolute atomic E-state index is 12.0. The third-order valence-electron chi connectivity index (χ3n) is 2.71. The third-order valence-corrected chi connectivity index (χ3v) is 3.86. The number of pyridine rings is 1. The van der Waals surface area contributed by atoms with E-state index in [4.69, 9.17) is 11.6 Å². The molecule has 4 nitrogen and oxygen atoms in total. The molecule has 100 valence electrons. The fraction of sp³-hybridized carbons (Fsp3) is 0.0714. The average molecular weight is 304 g/mol. The lowest BCUT2D eigenvalue weighted by atomic mass is 10.2. The van der Waals surface area contributed by atoms with Gasteiger partial charge in [0, 0.05) is 0 Å². The van der Waals surface area contributed by atoms with Gasteiger partial charge in [-0.05, 0) is 36.8 Å². The number of halogens is 1. The number of benzene rings is 1. The molecule has 1 amide bonds. The number of aromatic nitrogens is 2. The van der Waals surface area contributed by atoms with Crippen LogP contribution in [-0.2, 0) is 0 Å². The van der Waals surface area contributed by atoms with Gasteiger partial charge in [-0.2, -0.15) is 0 Å². The standard InChI is InChI=1S/C14H10ClN3OS/c1-8-5-6-9-11(7-8)20-14(17-9)18-13(19)10-3-2-4-12(15)16-10/h2-7H,1H3,(H,17,18,19). The van der Waals surface area contributed by atoms with Crippen LogP contribution in [0.3, 0.4) is 0 Å². The highest BCUT2D eigenvalue weighted by molar-refractivity contribution is 7.22. The van der Waals surface area contributed by atoms with Crippen molar-refractivity contribution in [2.45, 2.75) is 6.92 Å². The molecule has 3 rings (SSSR count). The first-order valence-electron chi connectivity index (χ1n) is 5.93. The Morgan fingerprint density at radius 2 is 2.10 bits per heavy atom. The van der Waals surface area contributed by atoms with Crippen molar-refractivity contribution in [1.82, 2.24) is 9.97 Å². The van der Waals surface area contributed by atoms with E-state index in [2.05, 4.69) is 15.3 Å². The highest BCUT2D eigenvalue weighted by Gasteiger charge is 2.11. The molecule has 3 aromatic rings. The molecule has 0 radical (unpaired) electrons. The van der Waals surface area contributed by atoms with Gasteiger partial charge < -0.3 is 0 Å². The largest absolute Gasteiger partial charge is 0.296 e. The van der Waals surface area contributed by atoms with Gasteiger partial charge in [-0.25, -0.2) is 9.97 Å². The van der Waals surface area contributed by atoms with Crippen molar-refractivity contribution in [3.05, 3.63) is 52.8 Å². The molecule has 0 saturated heterocycles. The molecule has 20 heavy (non-hydrogen) atoms. The molecular formula is C14H10ClN3OS. The predicted molar refractivity (Wildman–Crippen MR) is 81.6 cm³/mol. The summed E-state index contributed by atoms with van der Waals surface area (Å²) in [6.07, 6.45) is 0. The number of thiazole rings is 1. The predicted octanol–water partition coefficient (Wildman–Crippen LogP) is 3.91. The summed E-state index contributed by atoms with van der Waals surface area (Å²) in [6, 6.07) is 10.9. The van der Waals surface area contributed by atoms with Crippen LogP contribution >= 0.6 is 22.9 Å². The van der Waals surface area contributed by atoms with E-state index in [0.29, 0.717) is 5.13 Å². The number of nitrogens with zero attached hydrogens (tertiary/aromatic N) is 2. The smallest absolute Gasteiger partial charge is 0.276 e. The lowest BCUT2D eigenvalue weighted by molar-refractivity contribution is 0.102. The summed E-state index contributed by atoms with van der Waals surface area (Å²) in [4.78, 5) is 20.4. The lowest BCUT2D eigenvalue weighted by Crippen LogP contribution is -2.13. The summed E-state index contributed by atoms with van der Waals surface area (Å²) < 4.78 is 1.04. The van der Waals surface area contributed by atoms with Crippen molar-refractivity contribution in [3.8, 4) is 0 Å². The first kappa shape index (κ1) is 13.0. The molecule has 1 N–H and O–H groups in total. The zero-order valence-electron chi connectivity index (χ0n) is 10.6. The second-order valence-corrected chi connectivity index (χ2v) is 5.71. The molecule has 0 unspecified atom stereocenters. The first-order chi connectivity index (χ1) is 9.61. The molecule has 0 bridgehead atoms. The fourth-order valence-corrected chi connectivity index (χ4v) is 2.90. The van der Waals surface area contributed by atoms with Crippen molar-refractivity contribution >= 4 is 44.2 Å². The van der Waals surface area contributed by atoms with Gasteiger partial charge in [0.15, 0.2) is 5.13 Å². The maximum Gasteiger partial charge on any atom is 0.276 e. The fourth-order valence-electron chi connectivity index (χ4n) is 1.78. The van der Waals surface area contributed by atoms with Crippen LogP contribution in [0.4, 0.5) is 5.13 Å². The third kappa shape index (κ3) is 2.64. The van der Waals surface area contributed by atoms with E-state index in [-0.39, 0.29) is 16.8 Å². The van der Waals surface area contributed by atoms with E-state index in [1.54, 1.807) is 18.2 Å². The number of aryl methyl sites for hydroxylation is 1. The van der Waals surface area contributed by atoms with E-state index < -0.39 is 0 Å². The SMILES string of the molecule is Cc1ccc2nc(NC(=O)c3cccc(Cl)n3)sc2c1. The van der Waals surface area contributed by atoms with E-state index in [9.17, 15) is 4.79 Å². The first-order valence-corrected chi connectivity index (χ1v) is 7.12. The van der Waals surface area contributed by atoms with Crippen molar-refractivity contribution in [3.63, 3.8) is 0 Å². The van der Waals surface area contributed by atoms with E-state index in [1.807, 2.05) is 25.1 Å². The maximum atomic E-state index is 12.0. The summed E-state index contributed by atoms with van der Waals surface area (Å²) in [5.41, 5.74) is 2.30. The van der Waals surface area contributed by atoms with Gasteiger partial charge >= 0.3 is 0 Å². The summed E-state index contributed by atoms with van der Waals surface area (Å²) in [5, 5.41) is 3.58. The Labute approximate surface area is 124 Å². The van der Waals surface area contributed by atoms with Crippen LogP contribution in [0, 0.1) is 6.92 Å². The van der Waals surface area contributed by atoms with Crippen molar-refractivity contribution in [2.75, 3.05) is 5.32 Å². The van der Waals surface area contributed by atoms with Gasteiger partial charge in [-0.1, -0.05) is 35.1 Å². The topological polar surface area (TPSA) is 54.9 Å². The Kier molecular flexibility index (Phi) is 3.38. The summed E-state index contributed by atoms with van der Waals surface area (Å²) in [7, 11) is 0. The summed E-state index contributed by atoms with van der Waals surface area (Å²) >= 11 is 7.20. The Morgan fingerprint density at radius 3 is 2.90 bits per heavy atom. The van der Waals surface area contributed by atoms with Crippen LogP contribution in [-0.4, -0.2) is 15.9 Å². The average Bonchev–Trinajstić information content (AvgIpc) is 2.80. The molecule has 0 aliphatic rings. The van der Waals surface area contributed by atoms with Crippen LogP contribution in [0.25, 0.3) is 10.2 Å². The minimum Gasteiger partial charge on any atom is -0.296 e. The van der Waals surface area contributed by atoms with Crippen LogP contribution in [0.2, 0.25) is 5.15 Å². The molecule has 0 saturated carbocycles. The van der Waals surface area contributed by atoms with Gasteiger partial charge in [0.2, 0.25) is 0 Å². The van der Waals surface area contributed by atoms with Crippen molar-refractivity contribution in [2.24, 2.45) is 0 Å². The van der Waals surface area contributed by atoms with E-state index in [0.717, 1.165) is 15.8 Å². The normalized spacial score (nSPS) is 10.7. The van der Waals surface area contributed by atoms with Gasteiger partial charge in [0.25, 0.3) is 5.91 Å². The highest BCUT2D eigenvalue weighted by Crippen LogP contribution is 2.26. The number of carbonyl (C=O) groups is 1.